The van der Waals surface area contributed by atoms with E-state index in [0.29, 0.717) is 10.8 Å². The lowest BCUT2D eigenvalue weighted by Crippen LogP contribution is -2.67. The van der Waals surface area contributed by atoms with Gasteiger partial charge in [-0.05, 0) is 60.6 Å². The number of carbonyl (C=O) groups is 3. The average molecular weight is 493 g/mol. The highest BCUT2D eigenvalue weighted by atomic mass is 16.8. The van der Waals surface area contributed by atoms with Gasteiger partial charge in [-0.15, -0.1) is 10.2 Å². The summed E-state index contributed by atoms with van der Waals surface area (Å²) >= 11 is 0. The van der Waals surface area contributed by atoms with Crippen molar-refractivity contribution in [3.8, 4) is 0 Å². The average Bonchev–Trinajstić information content (AvgIpc) is 3.03. The zero-order valence-electron chi connectivity index (χ0n) is 21.4. The number of hydroxylamine groups is 2. The molecule has 1 aromatic rings. The first-order chi connectivity index (χ1) is 16.2. The molecule has 1 aromatic carbocycles. The van der Waals surface area contributed by atoms with E-state index in [4.69, 9.17) is 23.9 Å². The second kappa shape index (κ2) is 10.2. The first kappa shape index (κ1) is 27.4. The maximum Gasteiger partial charge on any atom is 0.534 e. The summed E-state index contributed by atoms with van der Waals surface area (Å²) in [4.78, 5) is 50.3. The van der Waals surface area contributed by atoms with E-state index in [-0.39, 0.29) is 11.6 Å². The summed E-state index contributed by atoms with van der Waals surface area (Å²) in [5.41, 5.74) is -4.06. The minimum absolute atomic E-state index is 0.126. The molecule has 192 valence electrons. The fourth-order valence-electron chi connectivity index (χ4n) is 3.11. The zero-order valence-corrected chi connectivity index (χ0v) is 21.4. The molecule has 35 heavy (non-hydrogen) atoms. The summed E-state index contributed by atoms with van der Waals surface area (Å²) < 4.78 is 16.1. The van der Waals surface area contributed by atoms with E-state index in [0.717, 1.165) is 5.01 Å². The fourth-order valence-corrected chi connectivity index (χ4v) is 3.11. The molecular formula is C23H32N4O8. The highest BCUT2D eigenvalue weighted by Gasteiger charge is 2.65. The van der Waals surface area contributed by atoms with Gasteiger partial charge < -0.3 is 19.0 Å². The Balaban J connectivity index is 2.75. The summed E-state index contributed by atoms with van der Waals surface area (Å²) in [6, 6.07) is 8.40. The Morgan fingerprint density at radius 1 is 1.00 bits per heavy atom. The van der Waals surface area contributed by atoms with Crippen LogP contribution in [0.25, 0.3) is 0 Å². The number of hydrazone groups is 1. The first-order valence-electron chi connectivity index (χ1n) is 10.7. The second-order valence-corrected chi connectivity index (χ2v) is 9.46. The topological polar surface area (TPSA) is 129 Å². The summed E-state index contributed by atoms with van der Waals surface area (Å²) in [7, 11) is 2.50. The molecule has 0 spiro atoms. The molecule has 1 atom stereocenters. The molecule has 0 fully saturated rings. The zero-order chi connectivity index (χ0) is 26.6. The predicted octanol–water partition coefficient (Wildman–Crippen LogP) is 3.86. The maximum absolute atomic E-state index is 14.0. The molecule has 2 amide bonds. The van der Waals surface area contributed by atoms with Crippen LogP contribution in [0, 0.1) is 0 Å². The molecule has 2 rings (SSSR count). The number of amides is 2. The Kier molecular flexibility index (Phi) is 7.99. The number of carbonyl (C=O) groups excluding carboxylic acids is 3. The number of hydrogen-bond donors (Lipinski definition) is 0. The number of hydrogen-bond acceptors (Lipinski definition) is 10. The Morgan fingerprint density at radius 3 is 2.06 bits per heavy atom. The van der Waals surface area contributed by atoms with Gasteiger partial charge in [-0.1, -0.05) is 23.4 Å². The van der Waals surface area contributed by atoms with Gasteiger partial charge in [-0.2, -0.15) is 5.01 Å². The van der Waals surface area contributed by atoms with Gasteiger partial charge >= 0.3 is 12.2 Å². The molecule has 0 radical (unpaired) electrons. The van der Waals surface area contributed by atoms with Crippen LogP contribution in [0.3, 0.4) is 0 Å². The van der Waals surface area contributed by atoms with Crippen molar-refractivity contribution in [3.63, 3.8) is 0 Å². The van der Waals surface area contributed by atoms with E-state index in [1.165, 1.54) is 21.1 Å². The van der Waals surface area contributed by atoms with Gasteiger partial charge in [-0.25, -0.2) is 9.59 Å². The minimum Gasteiger partial charge on any atom is -0.481 e. The van der Waals surface area contributed by atoms with Gasteiger partial charge in [0.1, 0.15) is 24.0 Å². The van der Waals surface area contributed by atoms with Crippen LogP contribution in [0.4, 0.5) is 15.3 Å². The number of anilines is 1. The Hall–Kier alpha value is -3.83. The maximum atomic E-state index is 14.0. The van der Waals surface area contributed by atoms with Crippen LogP contribution in [-0.4, -0.2) is 65.8 Å². The molecule has 12 nitrogen and oxygen atoms in total. The monoisotopic (exact) mass is 492 g/mol. The number of para-hydroxylation sites is 1. The molecule has 1 aliphatic heterocycles. The highest BCUT2D eigenvalue weighted by molar-refractivity contribution is 6.36. The SMILES string of the molecule is CON=C(C)C1(N(OC(=O)OC(C)(C)C)C(=O)OC(C)(C)C)C(=O)N(c2ccccc2)N=C1OC. The lowest BCUT2D eigenvalue weighted by atomic mass is 9.92. The fraction of sp³-hybridized carbons (Fsp3) is 0.522. The van der Waals surface area contributed by atoms with Gasteiger partial charge in [0.05, 0.1) is 12.8 Å². The number of ether oxygens (including phenoxy) is 3. The Labute approximate surface area is 204 Å². The van der Waals surface area contributed by atoms with Crippen molar-refractivity contribution in [2.45, 2.75) is 65.2 Å². The summed E-state index contributed by atoms with van der Waals surface area (Å²) in [5.74, 6) is -1.16. The number of methoxy groups -OCH3 is 1. The molecule has 0 N–H and O–H groups in total. The van der Waals surface area contributed by atoms with Crippen molar-refractivity contribution in [3.05, 3.63) is 30.3 Å². The Bertz CT molecular complexity index is 1010. The molecule has 0 saturated carbocycles. The van der Waals surface area contributed by atoms with Crippen LogP contribution in [0.2, 0.25) is 0 Å². The molecule has 0 bridgehead atoms. The van der Waals surface area contributed by atoms with Gasteiger partial charge in [-0.3, -0.25) is 9.63 Å². The molecule has 0 aromatic heterocycles. The number of oxime groups is 1. The lowest BCUT2D eigenvalue weighted by Gasteiger charge is -2.37. The van der Waals surface area contributed by atoms with Crippen molar-refractivity contribution in [2.75, 3.05) is 19.2 Å². The number of rotatable bonds is 4. The van der Waals surface area contributed by atoms with E-state index in [1.807, 2.05) is 0 Å². The van der Waals surface area contributed by atoms with Crippen molar-refractivity contribution in [1.82, 2.24) is 5.06 Å². The summed E-state index contributed by atoms with van der Waals surface area (Å²) in [5, 5.41) is 9.54. The molecule has 1 aliphatic rings. The predicted molar refractivity (Wildman–Crippen MR) is 127 cm³/mol. The Morgan fingerprint density at radius 2 is 1.57 bits per heavy atom. The third-order valence-corrected chi connectivity index (χ3v) is 4.37. The second-order valence-electron chi connectivity index (χ2n) is 9.46. The third-order valence-electron chi connectivity index (χ3n) is 4.37. The number of nitrogens with zero attached hydrogens (tertiary/aromatic N) is 4. The van der Waals surface area contributed by atoms with Crippen molar-refractivity contribution in [2.24, 2.45) is 10.3 Å². The number of benzene rings is 1. The van der Waals surface area contributed by atoms with Gasteiger partial charge in [0.2, 0.25) is 0 Å². The van der Waals surface area contributed by atoms with E-state index in [2.05, 4.69) is 10.3 Å². The standard InChI is InChI=1S/C23H32N4O8/c1-15(25-32-9)23(17(31-8)24-26(18(23)28)16-13-11-10-12-14-16)27(19(29)33-21(2,3)4)35-20(30)34-22(5,6)7/h10-14H,1-9H3. The minimum atomic E-state index is -2.31. The van der Waals surface area contributed by atoms with E-state index in [1.54, 1.807) is 71.9 Å². The van der Waals surface area contributed by atoms with Gasteiger partial charge in [0.25, 0.3) is 17.3 Å². The van der Waals surface area contributed by atoms with E-state index < -0.39 is 34.9 Å². The highest BCUT2D eigenvalue weighted by Crippen LogP contribution is 2.35. The largest absolute Gasteiger partial charge is 0.534 e. The molecular weight excluding hydrogens is 460 g/mol. The van der Waals surface area contributed by atoms with E-state index >= 15 is 0 Å². The molecule has 1 heterocycles. The molecule has 1 unspecified atom stereocenters. The van der Waals surface area contributed by atoms with E-state index in [9.17, 15) is 14.4 Å². The van der Waals surface area contributed by atoms with Crippen LogP contribution < -0.4 is 5.01 Å². The lowest BCUT2D eigenvalue weighted by molar-refractivity contribution is -0.165. The summed E-state index contributed by atoms with van der Waals surface area (Å²) in [6.07, 6.45) is -2.46. The molecule has 0 aliphatic carbocycles. The quantitative estimate of drug-likeness (QED) is 0.352. The van der Waals surface area contributed by atoms with Crippen molar-refractivity contribution in [1.29, 1.82) is 0 Å². The summed E-state index contributed by atoms with van der Waals surface area (Å²) in [6.45, 7) is 11.0. The normalized spacial score (nSPS) is 18.5. The molecule has 0 saturated heterocycles. The van der Waals surface area contributed by atoms with Gasteiger partial charge in [0, 0.05) is 0 Å². The van der Waals surface area contributed by atoms with Crippen LogP contribution in [0.15, 0.2) is 40.6 Å². The first-order valence-corrected chi connectivity index (χ1v) is 10.7. The third kappa shape index (κ3) is 6.00. The smallest absolute Gasteiger partial charge is 0.481 e. The van der Waals surface area contributed by atoms with Gasteiger partial charge in [0.15, 0.2) is 0 Å². The van der Waals surface area contributed by atoms with Crippen LogP contribution >= 0.6 is 0 Å². The van der Waals surface area contributed by atoms with Crippen LogP contribution in [0.5, 0.6) is 0 Å². The molecule has 12 heteroatoms. The van der Waals surface area contributed by atoms with Crippen molar-refractivity contribution >= 4 is 35.5 Å². The van der Waals surface area contributed by atoms with Crippen LogP contribution in [-0.2, 0) is 28.7 Å². The van der Waals surface area contributed by atoms with Crippen LogP contribution in [0.1, 0.15) is 48.5 Å². The van der Waals surface area contributed by atoms with Crippen molar-refractivity contribution < 1.29 is 38.3 Å².